The van der Waals surface area contributed by atoms with Crippen molar-refractivity contribution < 1.29 is 0 Å². The second-order valence-corrected chi connectivity index (χ2v) is 5.20. The highest BCUT2D eigenvalue weighted by Crippen LogP contribution is 2.27. The number of likely N-dealkylation sites (N-methyl/N-ethyl adjacent to an activating group) is 2. The molecule has 0 aliphatic rings. The number of aromatic nitrogens is 2. The van der Waals surface area contributed by atoms with Gasteiger partial charge >= 0.3 is 0 Å². The van der Waals surface area contributed by atoms with Crippen LogP contribution in [0.5, 0.6) is 0 Å². The molecule has 1 rings (SSSR count). The summed E-state index contributed by atoms with van der Waals surface area (Å²) in [6.45, 7) is 4.54. The van der Waals surface area contributed by atoms with Crippen LogP contribution in [0.1, 0.15) is 32.5 Å². The molecule has 18 heavy (non-hydrogen) atoms. The Balaban J connectivity index is 2.96. The molecule has 0 fully saturated rings. The maximum atomic E-state index is 4.45. The molecule has 104 valence electrons. The zero-order valence-corrected chi connectivity index (χ0v) is 12.7. The summed E-state index contributed by atoms with van der Waals surface area (Å²) in [7, 11) is 8.47. The van der Waals surface area contributed by atoms with Crippen LogP contribution in [0.4, 0.5) is 0 Å². The zero-order chi connectivity index (χ0) is 13.8. The van der Waals surface area contributed by atoms with E-state index in [4.69, 9.17) is 0 Å². The van der Waals surface area contributed by atoms with Crippen molar-refractivity contribution in [3.63, 3.8) is 0 Å². The van der Waals surface area contributed by atoms with E-state index in [0.29, 0.717) is 6.04 Å². The number of hydrogen-bond donors (Lipinski definition) is 1. The third-order valence-electron chi connectivity index (χ3n) is 4.42. The van der Waals surface area contributed by atoms with Gasteiger partial charge in [0, 0.05) is 37.4 Å². The SMILES string of the molecule is CCC(CC)(C(Cc1nccn1C)NC)N(C)C. The number of nitrogens with one attached hydrogen (secondary N) is 1. The summed E-state index contributed by atoms with van der Waals surface area (Å²) in [6.07, 6.45) is 7.10. The first-order valence-electron chi connectivity index (χ1n) is 6.82. The highest BCUT2D eigenvalue weighted by molar-refractivity contribution is 5.03. The molecule has 1 heterocycles. The summed E-state index contributed by atoms with van der Waals surface area (Å²) in [5.74, 6) is 1.14. The Labute approximate surface area is 111 Å². The summed E-state index contributed by atoms with van der Waals surface area (Å²) in [5.41, 5.74) is 0.181. The van der Waals surface area contributed by atoms with Crippen LogP contribution in [0, 0.1) is 0 Å². The fourth-order valence-electron chi connectivity index (χ4n) is 3.02. The molecule has 0 radical (unpaired) electrons. The topological polar surface area (TPSA) is 33.1 Å². The molecule has 1 aromatic heterocycles. The monoisotopic (exact) mass is 252 g/mol. The van der Waals surface area contributed by atoms with Crippen molar-refractivity contribution in [1.82, 2.24) is 19.8 Å². The van der Waals surface area contributed by atoms with Crippen LogP contribution < -0.4 is 5.32 Å². The lowest BCUT2D eigenvalue weighted by Crippen LogP contribution is -2.58. The summed E-state index contributed by atoms with van der Waals surface area (Å²) >= 11 is 0. The highest BCUT2D eigenvalue weighted by Gasteiger charge is 2.37. The molecule has 1 N–H and O–H groups in total. The van der Waals surface area contributed by atoms with E-state index in [-0.39, 0.29) is 5.54 Å². The molecule has 4 nitrogen and oxygen atoms in total. The standard InChI is InChI=1S/C14H28N4/c1-7-14(8-2,17(4)5)12(15-3)11-13-16-9-10-18(13)6/h9-10,12,15H,7-8,11H2,1-6H3. The van der Waals surface area contributed by atoms with Gasteiger partial charge in [-0.25, -0.2) is 4.98 Å². The molecule has 0 spiro atoms. The van der Waals surface area contributed by atoms with Gasteiger partial charge in [-0.15, -0.1) is 0 Å². The Hall–Kier alpha value is -0.870. The van der Waals surface area contributed by atoms with Crippen LogP contribution in [0.3, 0.4) is 0 Å². The van der Waals surface area contributed by atoms with Crippen molar-refractivity contribution in [2.24, 2.45) is 7.05 Å². The predicted octanol–water partition coefficient (Wildman–Crippen LogP) is 1.67. The number of nitrogens with zero attached hydrogens (tertiary/aromatic N) is 3. The quantitative estimate of drug-likeness (QED) is 0.801. The highest BCUT2D eigenvalue weighted by atomic mass is 15.2. The molecular formula is C14H28N4. The van der Waals surface area contributed by atoms with Crippen molar-refractivity contribution in [3.05, 3.63) is 18.2 Å². The van der Waals surface area contributed by atoms with Gasteiger partial charge in [0.2, 0.25) is 0 Å². The van der Waals surface area contributed by atoms with Gasteiger partial charge in [-0.3, -0.25) is 0 Å². The average Bonchev–Trinajstić information content (AvgIpc) is 2.75. The molecule has 0 amide bonds. The summed E-state index contributed by atoms with van der Waals surface area (Å²) in [6, 6.07) is 0.406. The number of imidazole rings is 1. The summed E-state index contributed by atoms with van der Waals surface area (Å²) in [4.78, 5) is 6.81. The molecule has 0 aromatic carbocycles. The minimum absolute atomic E-state index is 0.181. The Kier molecular flexibility index (Phi) is 5.35. The third-order valence-corrected chi connectivity index (χ3v) is 4.42. The minimum atomic E-state index is 0.181. The zero-order valence-electron chi connectivity index (χ0n) is 12.7. The Bertz CT molecular complexity index is 352. The maximum Gasteiger partial charge on any atom is 0.109 e. The largest absolute Gasteiger partial charge is 0.338 e. The van der Waals surface area contributed by atoms with Gasteiger partial charge in [0.25, 0.3) is 0 Å². The molecule has 0 aliphatic heterocycles. The molecule has 0 saturated carbocycles. The van der Waals surface area contributed by atoms with E-state index in [1.165, 1.54) is 0 Å². The normalized spacial score (nSPS) is 14.2. The molecule has 1 aromatic rings. The molecule has 4 heteroatoms. The van der Waals surface area contributed by atoms with Crippen LogP contribution in [-0.4, -0.2) is 47.2 Å². The van der Waals surface area contributed by atoms with Gasteiger partial charge in [-0.1, -0.05) is 13.8 Å². The van der Waals surface area contributed by atoms with Crippen molar-refractivity contribution >= 4 is 0 Å². The van der Waals surface area contributed by atoms with Crippen LogP contribution in [0.25, 0.3) is 0 Å². The van der Waals surface area contributed by atoms with Gasteiger partial charge in [-0.05, 0) is 34.0 Å². The second kappa shape index (κ2) is 6.34. The Morgan fingerprint density at radius 1 is 1.39 bits per heavy atom. The molecule has 1 atom stereocenters. The van der Waals surface area contributed by atoms with Gasteiger partial charge in [-0.2, -0.15) is 0 Å². The van der Waals surface area contributed by atoms with Crippen LogP contribution >= 0.6 is 0 Å². The van der Waals surface area contributed by atoms with Crippen molar-refractivity contribution in [1.29, 1.82) is 0 Å². The number of rotatable bonds is 7. The van der Waals surface area contributed by atoms with Crippen LogP contribution in [0.2, 0.25) is 0 Å². The third kappa shape index (κ3) is 2.75. The van der Waals surface area contributed by atoms with Crippen molar-refractivity contribution in [2.45, 2.75) is 44.7 Å². The van der Waals surface area contributed by atoms with E-state index in [1.807, 2.05) is 12.4 Å². The van der Waals surface area contributed by atoms with Crippen LogP contribution in [-0.2, 0) is 13.5 Å². The molecular weight excluding hydrogens is 224 g/mol. The van der Waals surface area contributed by atoms with E-state index in [2.05, 4.69) is 61.8 Å². The van der Waals surface area contributed by atoms with E-state index in [0.717, 1.165) is 25.1 Å². The van der Waals surface area contributed by atoms with E-state index in [9.17, 15) is 0 Å². The molecule has 0 aliphatic carbocycles. The lowest BCUT2D eigenvalue weighted by Gasteiger charge is -2.45. The smallest absolute Gasteiger partial charge is 0.109 e. The lowest BCUT2D eigenvalue weighted by atomic mass is 9.81. The first-order valence-corrected chi connectivity index (χ1v) is 6.82. The summed E-state index contributed by atoms with van der Waals surface area (Å²) < 4.78 is 2.11. The lowest BCUT2D eigenvalue weighted by molar-refractivity contribution is 0.0906. The van der Waals surface area contributed by atoms with E-state index < -0.39 is 0 Å². The van der Waals surface area contributed by atoms with Crippen molar-refractivity contribution in [2.75, 3.05) is 21.1 Å². The molecule has 0 bridgehead atoms. The predicted molar refractivity (Wildman–Crippen MR) is 76.8 cm³/mol. The second-order valence-electron chi connectivity index (χ2n) is 5.20. The van der Waals surface area contributed by atoms with Crippen LogP contribution in [0.15, 0.2) is 12.4 Å². The number of hydrogen-bond acceptors (Lipinski definition) is 3. The molecule has 0 saturated heterocycles. The maximum absolute atomic E-state index is 4.45. The van der Waals surface area contributed by atoms with Gasteiger partial charge in [0.15, 0.2) is 0 Å². The van der Waals surface area contributed by atoms with E-state index in [1.54, 1.807) is 0 Å². The van der Waals surface area contributed by atoms with Crippen molar-refractivity contribution in [3.8, 4) is 0 Å². The molecule has 1 unspecified atom stereocenters. The fraction of sp³-hybridized carbons (Fsp3) is 0.786. The summed E-state index contributed by atoms with van der Waals surface area (Å²) in [5, 5.41) is 3.50. The fourth-order valence-corrected chi connectivity index (χ4v) is 3.02. The van der Waals surface area contributed by atoms with Gasteiger partial charge in [0.05, 0.1) is 0 Å². The minimum Gasteiger partial charge on any atom is -0.338 e. The van der Waals surface area contributed by atoms with E-state index >= 15 is 0 Å². The Morgan fingerprint density at radius 2 is 2.00 bits per heavy atom. The first kappa shape index (κ1) is 15.2. The first-order chi connectivity index (χ1) is 8.51. The average molecular weight is 252 g/mol. The van der Waals surface area contributed by atoms with Gasteiger partial charge in [0.1, 0.15) is 5.82 Å². The van der Waals surface area contributed by atoms with Gasteiger partial charge < -0.3 is 14.8 Å². The number of aryl methyl sites for hydroxylation is 1. The Morgan fingerprint density at radius 3 is 2.33 bits per heavy atom.